The number of methoxy groups -OCH3 is 2. The van der Waals surface area contributed by atoms with Gasteiger partial charge in [-0.3, -0.25) is 14.4 Å². The second-order valence-corrected chi connectivity index (χ2v) is 18.5. The number of nitrogens with zero attached hydrogens (tertiary/aromatic N) is 7. The molecule has 18 nitrogen and oxygen atoms in total. The van der Waals surface area contributed by atoms with Gasteiger partial charge in [-0.25, -0.2) is 24.9 Å². The number of carboxylic acids is 1. The summed E-state index contributed by atoms with van der Waals surface area (Å²) in [6.07, 6.45) is 13.0. The van der Waals surface area contributed by atoms with Crippen molar-refractivity contribution in [1.82, 2.24) is 44.7 Å². The second kappa shape index (κ2) is 23.0. The average molecular weight is 985 g/mol. The van der Waals surface area contributed by atoms with Crippen LogP contribution >= 0.6 is 0 Å². The Kier molecular flexibility index (Phi) is 15.7. The average Bonchev–Trinajstić information content (AvgIpc) is 3.41. The van der Waals surface area contributed by atoms with Crippen LogP contribution in [-0.4, -0.2) is 116 Å². The van der Waals surface area contributed by atoms with Gasteiger partial charge in [-0.15, -0.1) is 0 Å². The monoisotopic (exact) mass is 984 g/mol. The fraction of sp³-hybridized carbons (Fsp3) is 0.309. The van der Waals surface area contributed by atoms with Crippen molar-refractivity contribution in [3.8, 4) is 28.5 Å². The number of piperidine rings is 2. The van der Waals surface area contributed by atoms with E-state index >= 15 is 0 Å². The molecule has 2 saturated heterocycles. The summed E-state index contributed by atoms with van der Waals surface area (Å²) in [5, 5.41) is 18.5. The van der Waals surface area contributed by atoms with Crippen molar-refractivity contribution in [2.75, 3.05) is 76.5 Å². The van der Waals surface area contributed by atoms with Crippen LogP contribution in [0.3, 0.4) is 0 Å². The number of aromatic amines is 2. The number of nitrogen functional groups attached to an aromatic ring is 1. The smallest absolute Gasteiger partial charge is 0.316 e. The van der Waals surface area contributed by atoms with Crippen molar-refractivity contribution in [1.29, 1.82) is 0 Å². The molecule has 0 bridgehead atoms. The van der Waals surface area contributed by atoms with Gasteiger partial charge in [0.25, 0.3) is 11.1 Å². The molecule has 18 heteroatoms. The zero-order valence-corrected chi connectivity index (χ0v) is 41.2. The number of aryl methyl sites for hydroxylation is 1. The third kappa shape index (κ3) is 12.2. The number of pyridine rings is 5. The first-order valence-corrected chi connectivity index (χ1v) is 24.5. The van der Waals surface area contributed by atoms with E-state index in [1.807, 2.05) is 61.5 Å². The molecule has 2 fully saturated rings. The number of fused-ring (bicyclic) bond motifs is 2. The van der Waals surface area contributed by atoms with E-state index in [0.29, 0.717) is 51.9 Å². The maximum Gasteiger partial charge on any atom is 0.316 e. The zero-order chi connectivity index (χ0) is 50.8. The van der Waals surface area contributed by atoms with Gasteiger partial charge in [0.15, 0.2) is 0 Å². The fourth-order valence-electron chi connectivity index (χ4n) is 9.51. The number of hydrogen-bond donors (Lipinski definition) is 6. The van der Waals surface area contributed by atoms with Crippen LogP contribution in [0.4, 0.5) is 28.8 Å². The Labute approximate surface area is 422 Å². The molecule has 10 rings (SSSR count). The summed E-state index contributed by atoms with van der Waals surface area (Å²) in [6.45, 7) is 8.26. The van der Waals surface area contributed by atoms with E-state index < -0.39 is 5.97 Å². The molecule has 2 aliphatic heterocycles. The second-order valence-electron chi connectivity index (χ2n) is 18.5. The van der Waals surface area contributed by atoms with Gasteiger partial charge in [0.1, 0.15) is 17.5 Å². The number of benzene rings is 2. The molecule has 6 aromatic heterocycles. The van der Waals surface area contributed by atoms with Crippen LogP contribution < -0.4 is 32.2 Å². The first kappa shape index (κ1) is 49.9. The molecule has 0 spiro atoms. The number of aliphatic carboxylic acids is 1. The van der Waals surface area contributed by atoms with Gasteiger partial charge < -0.3 is 50.7 Å². The van der Waals surface area contributed by atoms with E-state index in [9.17, 15) is 19.5 Å². The predicted octanol–water partition coefficient (Wildman–Crippen LogP) is 7.92. The number of likely N-dealkylation sites (tertiary alicyclic amines) is 2. The highest BCUT2D eigenvalue weighted by molar-refractivity contribution is 5.96. The SMILES string of the molecule is COCCN1CCC(c2ccc(Nc3nc(-c4cnc(N)c(C)c4)cc4cc[nH]c(=O)c34)cc2)CC1.COc1ncc(-c2cc3cc[nH]c(=O)c3c(Nc3ccc(CCN4CCCC(C(=O)O)C4)cc3)n2)cn1. The Morgan fingerprint density at radius 3 is 1.90 bits per heavy atom. The number of rotatable bonds is 15. The van der Waals surface area contributed by atoms with E-state index in [1.54, 1.807) is 38.1 Å². The molecule has 8 aromatic rings. The molecule has 1 atom stereocenters. The van der Waals surface area contributed by atoms with E-state index in [0.717, 1.165) is 116 Å². The molecule has 0 aliphatic carbocycles. The first-order valence-electron chi connectivity index (χ1n) is 24.5. The largest absolute Gasteiger partial charge is 0.481 e. The van der Waals surface area contributed by atoms with Crippen molar-refractivity contribution in [2.24, 2.45) is 5.92 Å². The van der Waals surface area contributed by atoms with E-state index in [4.69, 9.17) is 25.2 Å². The van der Waals surface area contributed by atoms with Crippen molar-refractivity contribution < 1.29 is 19.4 Å². The van der Waals surface area contributed by atoms with Gasteiger partial charge in [-0.2, -0.15) is 0 Å². The van der Waals surface area contributed by atoms with Crippen molar-refractivity contribution in [2.45, 2.75) is 44.9 Å². The Morgan fingerprint density at radius 1 is 0.740 bits per heavy atom. The Hall–Kier alpha value is -8.06. The lowest BCUT2D eigenvalue weighted by atomic mass is 9.89. The van der Waals surface area contributed by atoms with Crippen LogP contribution in [0.1, 0.15) is 48.3 Å². The molecule has 0 amide bonds. The predicted molar refractivity (Wildman–Crippen MR) is 285 cm³/mol. The molecule has 73 heavy (non-hydrogen) atoms. The van der Waals surface area contributed by atoms with Gasteiger partial charge in [0.05, 0.1) is 41.8 Å². The Bertz CT molecular complexity index is 3300. The quantitative estimate of drug-likeness (QED) is 0.0571. The van der Waals surface area contributed by atoms with Gasteiger partial charge >= 0.3 is 12.0 Å². The fourth-order valence-corrected chi connectivity index (χ4v) is 9.51. The summed E-state index contributed by atoms with van der Waals surface area (Å²) < 4.78 is 10.3. The Morgan fingerprint density at radius 2 is 1.33 bits per heavy atom. The molecule has 2 aromatic carbocycles. The van der Waals surface area contributed by atoms with Gasteiger partial charge in [-0.05, 0) is 147 Å². The summed E-state index contributed by atoms with van der Waals surface area (Å²) in [6, 6.07) is 26.2. The summed E-state index contributed by atoms with van der Waals surface area (Å²) in [4.78, 5) is 69.0. The molecule has 7 N–H and O–H groups in total. The molecule has 2 aliphatic rings. The highest BCUT2D eigenvalue weighted by Crippen LogP contribution is 2.33. The van der Waals surface area contributed by atoms with Crippen LogP contribution in [0, 0.1) is 12.8 Å². The summed E-state index contributed by atoms with van der Waals surface area (Å²) in [5.41, 5.74) is 13.5. The number of hydrogen-bond acceptors (Lipinski definition) is 15. The van der Waals surface area contributed by atoms with E-state index in [-0.39, 0.29) is 23.0 Å². The van der Waals surface area contributed by atoms with Gasteiger partial charge in [0, 0.05) is 80.2 Å². The van der Waals surface area contributed by atoms with Crippen molar-refractivity contribution in [3.05, 3.63) is 147 Å². The normalized spacial score (nSPS) is 15.4. The number of carboxylic acid groups (broad SMARTS) is 1. The molecule has 1 unspecified atom stereocenters. The van der Waals surface area contributed by atoms with Crippen molar-refractivity contribution in [3.63, 3.8) is 0 Å². The minimum Gasteiger partial charge on any atom is -0.481 e. The van der Waals surface area contributed by atoms with E-state index in [2.05, 4.69) is 69.6 Å². The third-order valence-electron chi connectivity index (χ3n) is 13.7. The highest BCUT2D eigenvalue weighted by Gasteiger charge is 2.25. The minimum absolute atomic E-state index is 0.183. The number of ether oxygens (including phenoxy) is 2. The third-order valence-corrected chi connectivity index (χ3v) is 13.7. The molecule has 0 saturated carbocycles. The Balaban J connectivity index is 0.000000180. The molecular formula is C55H60N12O6. The standard InChI is InChI=1S/C28H32N6O2.C27H28N6O4/c1-18-15-22(17-31-26(18)29)24-16-21-7-10-30-28(35)25(21)27(33-24)32-23-5-3-19(4-6-23)20-8-11-34(12-9-20)13-14-36-2;1-37-27-29-14-20(15-30-27)22-13-18-8-10-28-25(34)23(18)24(32-22)31-21-6-4-17(5-7-21)9-12-33-11-2-3-19(16-33)26(35)36/h3-7,10,15-17,20H,8-9,11-14H2,1-2H3,(H2,29,31)(H,30,35)(H,32,33);4-8,10,13-15,19H,2-3,9,11-12,16H2,1H3,(H,28,34)(H,31,32)(H,35,36). The maximum absolute atomic E-state index is 12.7. The lowest BCUT2D eigenvalue weighted by Crippen LogP contribution is -2.39. The van der Waals surface area contributed by atoms with Gasteiger partial charge in [0.2, 0.25) is 0 Å². The molecule has 0 radical (unpaired) electrons. The van der Waals surface area contributed by atoms with Crippen LogP contribution in [0.2, 0.25) is 0 Å². The van der Waals surface area contributed by atoms with Gasteiger partial charge in [-0.1, -0.05) is 24.3 Å². The number of nitrogens with one attached hydrogen (secondary N) is 4. The number of carbonyl (C=O) groups is 1. The molecular weight excluding hydrogens is 925 g/mol. The molecule has 8 heterocycles. The number of aromatic nitrogens is 7. The number of anilines is 5. The zero-order valence-electron chi connectivity index (χ0n) is 41.2. The van der Waals surface area contributed by atoms with Crippen LogP contribution in [-0.2, 0) is 16.0 Å². The lowest BCUT2D eigenvalue weighted by Gasteiger charge is -2.32. The number of H-pyrrole nitrogens is 2. The van der Waals surface area contributed by atoms with E-state index in [1.165, 1.54) is 12.7 Å². The van der Waals surface area contributed by atoms with Crippen LogP contribution in [0.15, 0.2) is 119 Å². The van der Waals surface area contributed by atoms with Crippen LogP contribution in [0.25, 0.3) is 44.1 Å². The first-order chi connectivity index (χ1) is 35.5. The minimum atomic E-state index is -0.705. The molecule has 376 valence electrons. The highest BCUT2D eigenvalue weighted by atomic mass is 16.5. The summed E-state index contributed by atoms with van der Waals surface area (Å²) in [5.74, 6) is 1.03. The summed E-state index contributed by atoms with van der Waals surface area (Å²) in [7, 11) is 3.26. The summed E-state index contributed by atoms with van der Waals surface area (Å²) >= 11 is 0. The lowest BCUT2D eigenvalue weighted by molar-refractivity contribution is -0.143. The van der Waals surface area contributed by atoms with Crippen LogP contribution in [0.5, 0.6) is 6.01 Å². The maximum atomic E-state index is 12.7. The number of nitrogens with two attached hydrogens (primary N) is 1. The van der Waals surface area contributed by atoms with Crippen molar-refractivity contribution >= 4 is 56.3 Å². The topological polar surface area (TPSA) is 242 Å².